The lowest BCUT2D eigenvalue weighted by atomic mass is 9.97. The molecule has 0 radical (unpaired) electrons. The van der Waals surface area contributed by atoms with E-state index in [1.54, 1.807) is 0 Å². The number of rotatable bonds is 5. The lowest BCUT2D eigenvalue weighted by Gasteiger charge is -2.41. The van der Waals surface area contributed by atoms with Crippen molar-refractivity contribution < 1.29 is 4.79 Å². The van der Waals surface area contributed by atoms with E-state index in [0.717, 1.165) is 37.5 Å². The maximum absolute atomic E-state index is 12.4. The third-order valence-corrected chi connectivity index (χ3v) is 5.72. The summed E-state index contributed by atoms with van der Waals surface area (Å²) in [5.74, 6) is -0.0124. The summed E-state index contributed by atoms with van der Waals surface area (Å²) in [6, 6.07) is 10.5. The van der Waals surface area contributed by atoms with Gasteiger partial charge in [0.25, 0.3) is 0 Å². The van der Waals surface area contributed by atoms with Crippen molar-refractivity contribution in [1.29, 1.82) is 0 Å². The summed E-state index contributed by atoms with van der Waals surface area (Å²) in [4.78, 5) is 17.4. The van der Waals surface area contributed by atoms with Gasteiger partial charge in [-0.3, -0.25) is 4.79 Å². The number of nitrogens with one attached hydrogen (secondary N) is 1. The van der Waals surface area contributed by atoms with Gasteiger partial charge in [0, 0.05) is 25.2 Å². The number of benzene rings is 1. The molecule has 0 aromatic heterocycles. The molecule has 0 aliphatic carbocycles. The molecule has 0 bridgehead atoms. The van der Waals surface area contributed by atoms with Crippen molar-refractivity contribution in [2.45, 2.75) is 50.2 Å². The van der Waals surface area contributed by atoms with Gasteiger partial charge in [-0.25, -0.2) is 0 Å². The van der Waals surface area contributed by atoms with Gasteiger partial charge in [-0.2, -0.15) is 0 Å². The maximum Gasteiger partial charge on any atom is 0.237 e. The first-order valence-electron chi connectivity index (χ1n) is 9.64. The van der Waals surface area contributed by atoms with Crippen LogP contribution in [0, 0.1) is 0 Å². The Balaban J connectivity index is 1.40. The Hall–Kier alpha value is -1.43. The highest BCUT2D eigenvalue weighted by molar-refractivity contribution is 5.82. The third-order valence-electron chi connectivity index (χ3n) is 5.72. The molecule has 1 unspecified atom stereocenters. The molecule has 5 nitrogen and oxygen atoms in total. The fourth-order valence-electron chi connectivity index (χ4n) is 4.04. The fourth-order valence-corrected chi connectivity index (χ4v) is 4.04. The Morgan fingerprint density at radius 1 is 1.12 bits per heavy atom. The molecule has 2 fully saturated rings. The average Bonchev–Trinajstić information content (AvgIpc) is 2.64. The average molecular weight is 345 g/mol. The van der Waals surface area contributed by atoms with E-state index >= 15 is 0 Å². The Morgan fingerprint density at radius 3 is 2.40 bits per heavy atom. The minimum absolute atomic E-state index is 0.0124. The van der Waals surface area contributed by atoms with Crippen molar-refractivity contribution in [2.75, 3.05) is 33.2 Å². The zero-order chi connectivity index (χ0) is 17.6. The number of amides is 1. The molecule has 2 heterocycles. The summed E-state index contributed by atoms with van der Waals surface area (Å²) in [7, 11) is 2.21. The van der Waals surface area contributed by atoms with E-state index in [4.69, 9.17) is 5.73 Å². The van der Waals surface area contributed by atoms with Crippen LogP contribution in [-0.2, 0) is 11.2 Å². The molecule has 3 rings (SSSR count). The Morgan fingerprint density at radius 2 is 1.76 bits per heavy atom. The monoisotopic (exact) mass is 344 g/mol. The van der Waals surface area contributed by atoms with Crippen LogP contribution in [0.4, 0.5) is 0 Å². The van der Waals surface area contributed by atoms with Crippen LogP contribution in [-0.4, -0.2) is 67.1 Å². The first kappa shape index (κ1) is 18.4. The minimum atomic E-state index is -0.464. The Kier molecular flexibility index (Phi) is 6.45. The molecule has 2 aliphatic rings. The summed E-state index contributed by atoms with van der Waals surface area (Å²) in [5, 5.41) is 3.17. The van der Waals surface area contributed by atoms with Gasteiger partial charge < -0.3 is 20.9 Å². The van der Waals surface area contributed by atoms with Crippen LogP contribution < -0.4 is 11.1 Å². The second-order valence-corrected chi connectivity index (χ2v) is 7.65. The van der Waals surface area contributed by atoms with E-state index < -0.39 is 6.04 Å². The molecule has 1 aromatic carbocycles. The van der Waals surface area contributed by atoms with Crippen molar-refractivity contribution in [3.8, 4) is 0 Å². The zero-order valence-corrected chi connectivity index (χ0v) is 15.4. The quantitative estimate of drug-likeness (QED) is 0.843. The van der Waals surface area contributed by atoms with Gasteiger partial charge >= 0.3 is 0 Å². The third kappa shape index (κ3) is 5.27. The topological polar surface area (TPSA) is 61.6 Å². The van der Waals surface area contributed by atoms with Crippen molar-refractivity contribution in [3.63, 3.8) is 0 Å². The SMILES string of the molecule is CN1CCC(N2CCC(NC(=O)C(N)Cc3ccccc3)CC2)CC1. The van der Waals surface area contributed by atoms with Crippen LogP contribution >= 0.6 is 0 Å². The number of hydrogen-bond acceptors (Lipinski definition) is 4. The molecular weight excluding hydrogens is 312 g/mol. The highest BCUT2D eigenvalue weighted by Gasteiger charge is 2.28. The van der Waals surface area contributed by atoms with E-state index in [2.05, 4.69) is 22.2 Å². The number of likely N-dealkylation sites (tertiary alicyclic amines) is 2. The number of carbonyl (C=O) groups excluding carboxylic acids is 1. The second kappa shape index (κ2) is 8.79. The summed E-state index contributed by atoms with van der Waals surface area (Å²) < 4.78 is 0. The number of nitrogens with zero attached hydrogens (tertiary/aromatic N) is 2. The van der Waals surface area contributed by atoms with Crippen molar-refractivity contribution in [3.05, 3.63) is 35.9 Å². The smallest absolute Gasteiger partial charge is 0.237 e. The zero-order valence-electron chi connectivity index (χ0n) is 15.4. The normalized spacial score (nSPS) is 22.6. The van der Waals surface area contributed by atoms with Gasteiger partial charge in [0.1, 0.15) is 0 Å². The second-order valence-electron chi connectivity index (χ2n) is 7.65. The van der Waals surface area contributed by atoms with Crippen LogP contribution in [0.15, 0.2) is 30.3 Å². The van der Waals surface area contributed by atoms with Gasteiger partial charge in [0.2, 0.25) is 5.91 Å². The molecule has 1 amide bonds. The lowest BCUT2D eigenvalue weighted by Crippen LogP contribution is -2.53. The molecule has 3 N–H and O–H groups in total. The highest BCUT2D eigenvalue weighted by Crippen LogP contribution is 2.20. The predicted octanol–water partition coefficient (Wildman–Crippen LogP) is 1.23. The summed E-state index contributed by atoms with van der Waals surface area (Å²) >= 11 is 0. The van der Waals surface area contributed by atoms with E-state index in [1.807, 2.05) is 30.3 Å². The van der Waals surface area contributed by atoms with Crippen molar-refractivity contribution >= 4 is 5.91 Å². The first-order valence-corrected chi connectivity index (χ1v) is 9.64. The number of nitrogens with two attached hydrogens (primary N) is 1. The standard InChI is InChI=1S/C20H32N4O/c1-23-11-9-18(10-12-23)24-13-7-17(8-14-24)22-20(25)19(21)15-16-5-3-2-4-6-16/h2-6,17-19H,7-15,21H2,1H3,(H,22,25). The lowest BCUT2D eigenvalue weighted by molar-refractivity contribution is -0.123. The molecular formula is C20H32N4O. The molecule has 0 saturated carbocycles. The molecule has 5 heteroatoms. The Labute approximate surface area is 151 Å². The van der Waals surface area contributed by atoms with Gasteiger partial charge in [-0.05, 0) is 57.8 Å². The Bertz CT molecular complexity index is 534. The van der Waals surface area contributed by atoms with Crippen LogP contribution in [0.3, 0.4) is 0 Å². The van der Waals surface area contributed by atoms with Gasteiger partial charge in [-0.1, -0.05) is 30.3 Å². The van der Waals surface area contributed by atoms with E-state index in [0.29, 0.717) is 6.42 Å². The van der Waals surface area contributed by atoms with Crippen molar-refractivity contribution in [1.82, 2.24) is 15.1 Å². The fraction of sp³-hybridized carbons (Fsp3) is 0.650. The van der Waals surface area contributed by atoms with Crippen LogP contribution in [0.1, 0.15) is 31.2 Å². The predicted molar refractivity (Wildman–Crippen MR) is 101 cm³/mol. The van der Waals surface area contributed by atoms with E-state index in [1.165, 1.54) is 25.9 Å². The number of piperidine rings is 2. The largest absolute Gasteiger partial charge is 0.352 e. The highest BCUT2D eigenvalue weighted by atomic mass is 16.2. The summed E-state index contributed by atoms with van der Waals surface area (Å²) in [6.07, 6.45) is 5.22. The van der Waals surface area contributed by atoms with Gasteiger partial charge in [0.05, 0.1) is 6.04 Å². The molecule has 138 valence electrons. The first-order chi connectivity index (χ1) is 12.1. The van der Waals surface area contributed by atoms with Crippen molar-refractivity contribution in [2.24, 2.45) is 5.73 Å². The molecule has 1 aromatic rings. The van der Waals surface area contributed by atoms with Crippen LogP contribution in [0.5, 0.6) is 0 Å². The van der Waals surface area contributed by atoms with E-state index in [9.17, 15) is 4.79 Å². The molecule has 2 aliphatic heterocycles. The number of carbonyl (C=O) groups is 1. The van der Waals surface area contributed by atoms with Gasteiger partial charge in [-0.15, -0.1) is 0 Å². The minimum Gasteiger partial charge on any atom is -0.352 e. The summed E-state index contributed by atoms with van der Waals surface area (Å²) in [6.45, 7) is 4.59. The van der Waals surface area contributed by atoms with E-state index in [-0.39, 0.29) is 11.9 Å². The molecule has 1 atom stereocenters. The summed E-state index contributed by atoms with van der Waals surface area (Å²) in [5.41, 5.74) is 7.21. The van der Waals surface area contributed by atoms with Gasteiger partial charge in [0.15, 0.2) is 0 Å². The van der Waals surface area contributed by atoms with Crippen LogP contribution in [0.2, 0.25) is 0 Å². The van der Waals surface area contributed by atoms with Crippen LogP contribution in [0.25, 0.3) is 0 Å². The molecule has 2 saturated heterocycles. The molecule has 0 spiro atoms. The molecule has 25 heavy (non-hydrogen) atoms. The number of hydrogen-bond donors (Lipinski definition) is 2. The maximum atomic E-state index is 12.4.